The van der Waals surface area contributed by atoms with Crippen molar-refractivity contribution in [2.75, 3.05) is 0 Å². The van der Waals surface area contributed by atoms with Gasteiger partial charge in [-0.25, -0.2) is 0 Å². The quantitative estimate of drug-likeness (QED) is 0.551. The summed E-state index contributed by atoms with van der Waals surface area (Å²) in [4.78, 5) is 0. The fourth-order valence-electron chi connectivity index (χ4n) is 2.10. The summed E-state index contributed by atoms with van der Waals surface area (Å²) < 4.78 is 0. The summed E-state index contributed by atoms with van der Waals surface area (Å²) in [5.74, 6) is 2.77. The first-order valence-corrected chi connectivity index (χ1v) is 5.61. The van der Waals surface area contributed by atoms with E-state index in [2.05, 4.69) is 34.6 Å². The van der Waals surface area contributed by atoms with Crippen molar-refractivity contribution >= 4 is 0 Å². The Morgan fingerprint density at radius 1 is 1.00 bits per heavy atom. The Morgan fingerprint density at radius 2 is 1.58 bits per heavy atom. The third-order valence-electron chi connectivity index (χ3n) is 2.85. The standard InChI is InChI=1S/C12H26/c1-6-8-11(5)12(7-2)9-10(3)4/h10-12H,6-9H2,1-5H3. The highest BCUT2D eigenvalue weighted by Gasteiger charge is 2.15. The van der Waals surface area contributed by atoms with Crippen molar-refractivity contribution in [3.8, 4) is 0 Å². The average Bonchev–Trinajstić information content (AvgIpc) is 2.00. The van der Waals surface area contributed by atoms with Crippen LogP contribution in [0.4, 0.5) is 0 Å². The van der Waals surface area contributed by atoms with Gasteiger partial charge in [-0.2, -0.15) is 0 Å². The Kier molecular flexibility index (Phi) is 6.51. The summed E-state index contributed by atoms with van der Waals surface area (Å²) in [5, 5.41) is 0. The van der Waals surface area contributed by atoms with Crippen LogP contribution in [-0.4, -0.2) is 0 Å². The van der Waals surface area contributed by atoms with Crippen molar-refractivity contribution in [3.05, 3.63) is 0 Å². The van der Waals surface area contributed by atoms with Gasteiger partial charge in [0.05, 0.1) is 0 Å². The lowest BCUT2D eigenvalue weighted by atomic mass is 9.82. The Hall–Kier alpha value is 0. The monoisotopic (exact) mass is 170 g/mol. The van der Waals surface area contributed by atoms with Gasteiger partial charge in [-0.15, -0.1) is 0 Å². The summed E-state index contributed by atoms with van der Waals surface area (Å²) >= 11 is 0. The van der Waals surface area contributed by atoms with Gasteiger partial charge in [0.15, 0.2) is 0 Å². The van der Waals surface area contributed by atoms with Crippen LogP contribution in [0.25, 0.3) is 0 Å². The van der Waals surface area contributed by atoms with Crippen LogP contribution in [0, 0.1) is 17.8 Å². The molecule has 0 bridgehead atoms. The molecular formula is C12H26. The lowest BCUT2D eigenvalue weighted by Crippen LogP contribution is -2.13. The van der Waals surface area contributed by atoms with Crippen molar-refractivity contribution in [3.63, 3.8) is 0 Å². The third-order valence-corrected chi connectivity index (χ3v) is 2.85. The summed E-state index contributed by atoms with van der Waals surface area (Å²) in [6.45, 7) is 11.7. The highest BCUT2D eigenvalue weighted by atomic mass is 14.2. The normalized spacial score (nSPS) is 16.5. The maximum atomic E-state index is 2.42. The van der Waals surface area contributed by atoms with E-state index >= 15 is 0 Å². The average molecular weight is 170 g/mol. The maximum absolute atomic E-state index is 2.42. The van der Waals surface area contributed by atoms with E-state index in [0.29, 0.717) is 0 Å². The molecular weight excluding hydrogens is 144 g/mol. The Labute approximate surface area is 78.8 Å². The number of hydrogen-bond donors (Lipinski definition) is 0. The molecule has 0 aromatic carbocycles. The minimum Gasteiger partial charge on any atom is -0.0654 e. The van der Waals surface area contributed by atoms with Gasteiger partial charge in [0, 0.05) is 0 Å². The maximum Gasteiger partial charge on any atom is -0.0389 e. The third kappa shape index (κ3) is 4.79. The second kappa shape index (κ2) is 6.51. The molecule has 0 N–H and O–H groups in total. The molecule has 74 valence electrons. The molecule has 0 heteroatoms. The van der Waals surface area contributed by atoms with Crippen molar-refractivity contribution in [2.24, 2.45) is 17.8 Å². The summed E-state index contributed by atoms with van der Waals surface area (Å²) in [5.41, 5.74) is 0. The molecule has 0 fully saturated rings. The van der Waals surface area contributed by atoms with Crippen molar-refractivity contribution in [1.29, 1.82) is 0 Å². The molecule has 2 atom stereocenters. The van der Waals surface area contributed by atoms with Crippen LogP contribution in [0.15, 0.2) is 0 Å². The Bertz CT molecular complexity index is 94.2. The summed E-state index contributed by atoms with van der Waals surface area (Å²) in [6.07, 6.45) is 5.53. The zero-order chi connectivity index (χ0) is 9.56. The molecule has 0 heterocycles. The van der Waals surface area contributed by atoms with Gasteiger partial charge in [-0.1, -0.05) is 53.9 Å². The molecule has 12 heavy (non-hydrogen) atoms. The molecule has 0 radical (unpaired) electrons. The largest absolute Gasteiger partial charge is 0.0654 e. The Morgan fingerprint density at radius 3 is 1.92 bits per heavy atom. The number of rotatable bonds is 6. The van der Waals surface area contributed by atoms with Crippen LogP contribution < -0.4 is 0 Å². The molecule has 0 aliphatic rings. The molecule has 0 amide bonds. The van der Waals surface area contributed by atoms with Gasteiger partial charge in [0.1, 0.15) is 0 Å². The highest BCUT2D eigenvalue weighted by Crippen LogP contribution is 2.26. The van der Waals surface area contributed by atoms with E-state index < -0.39 is 0 Å². The van der Waals surface area contributed by atoms with Crippen molar-refractivity contribution < 1.29 is 0 Å². The molecule has 0 saturated carbocycles. The van der Waals surface area contributed by atoms with Gasteiger partial charge in [-0.3, -0.25) is 0 Å². The highest BCUT2D eigenvalue weighted by molar-refractivity contribution is 4.66. The minimum atomic E-state index is 0.870. The van der Waals surface area contributed by atoms with Gasteiger partial charge in [0.25, 0.3) is 0 Å². The van der Waals surface area contributed by atoms with Crippen LogP contribution in [-0.2, 0) is 0 Å². The second-order valence-electron chi connectivity index (χ2n) is 4.56. The molecule has 0 nitrogen and oxygen atoms in total. The molecule has 0 rings (SSSR count). The van der Waals surface area contributed by atoms with Crippen molar-refractivity contribution in [1.82, 2.24) is 0 Å². The zero-order valence-electron chi connectivity index (χ0n) is 9.56. The molecule has 0 aromatic rings. The van der Waals surface area contributed by atoms with Gasteiger partial charge >= 0.3 is 0 Å². The van der Waals surface area contributed by atoms with E-state index in [-0.39, 0.29) is 0 Å². The zero-order valence-corrected chi connectivity index (χ0v) is 9.56. The van der Waals surface area contributed by atoms with E-state index in [0.717, 1.165) is 17.8 Å². The van der Waals surface area contributed by atoms with Crippen LogP contribution in [0.3, 0.4) is 0 Å². The molecule has 2 unspecified atom stereocenters. The van der Waals surface area contributed by atoms with Crippen LogP contribution in [0.1, 0.15) is 60.3 Å². The first kappa shape index (κ1) is 12.0. The van der Waals surface area contributed by atoms with Gasteiger partial charge in [-0.05, 0) is 24.2 Å². The fraction of sp³-hybridized carbons (Fsp3) is 1.00. The second-order valence-corrected chi connectivity index (χ2v) is 4.56. The first-order chi connectivity index (χ1) is 5.61. The number of hydrogen-bond acceptors (Lipinski definition) is 0. The lowest BCUT2D eigenvalue weighted by Gasteiger charge is -2.23. The van der Waals surface area contributed by atoms with Gasteiger partial charge < -0.3 is 0 Å². The minimum absolute atomic E-state index is 0.870. The topological polar surface area (TPSA) is 0 Å². The van der Waals surface area contributed by atoms with E-state index in [4.69, 9.17) is 0 Å². The predicted molar refractivity (Wildman–Crippen MR) is 57.3 cm³/mol. The van der Waals surface area contributed by atoms with E-state index in [1.165, 1.54) is 25.7 Å². The molecule has 0 aliphatic heterocycles. The smallest absolute Gasteiger partial charge is 0.0389 e. The van der Waals surface area contributed by atoms with E-state index in [1.807, 2.05) is 0 Å². The van der Waals surface area contributed by atoms with Crippen molar-refractivity contribution in [2.45, 2.75) is 60.3 Å². The van der Waals surface area contributed by atoms with Gasteiger partial charge in [0.2, 0.25) is 0 Å². The van der Waals surface area contributed by atoms with E-state index in [9.17, 15) is 0 Å². The van der Waals surface area contributed by atoms with Crippen LogP contribution in [0.2, 0.25) is 0 Å². The molecule has 0 aromatic heterocycles. The summed E-state index contributed by atoms with van der Waals surface area (Å²) in [7, 11) is 0. The SMILES string of the molecule is CCCC(C)C(CC)CC(C)C. The summed E-state index contributed by atoms with van der Waals surface area (Å²) in [6, 6.07) is 0. The lowest BCUT2D eigenvalue weighted by molar-refractivity contribution is 0.275. The fourth-order valence-corrected chi connectivity index (χ4v) is 2.10. The van der Waals surface area contributed by atoms with Crippen LogP contribution in [0.5, 0.6) is 0 Å². The van der Waals surface area contributed by atoms with Crippen LogP contribution >= 0.6 is 0 Å². The molecule has 0 aliphatic carbocycles. The van der Waals surface area contributed by atoms with E-state index in [1.54, 1.807) is 0 Å². The Balaban J connectivity index is 3.78. The molecule has 0 saturated heterocycles. The first-order valence-electron chi connectivity index (χ1n) is 5.61. The molecule has 0 spiro atoms. The predicted octanol–water partition coefficient (Wildman–Crippen LogP) is 4.49.